The summed E-state index contributed by atoms with van der Waals surface area (Å²) < 4.78 is 10.2. The van der Waals surface area contributed by atoms with Gasteiger partial charge in [-0.2, -0.15) is 0 Å². The van der Waals surface area contributed by atoms with Crippen LogP contribution in [0.3, 0.4) is 0 Å². The summed E-state index contributed by atoms with van der Waals surface area (Å²) in [7, 11) is 0. The Bertz CT molecular complexity index is 971. The monoisotopic (exact) mass is 438 g/mol. The molecule has 0 saturated carbocycles. The molecule has 0 aliphatic carbocycles. The van der Waals surface area contributed by atoms with Crippen LogP contribution in [0.5, 0.6) is 0 Å². The van der Waals surface area contributed by atoms with Crippen molar-refractivity contribution in [3.8, 4) is 0 Å². The van der Waals surface area contributed by atoms with Gasteiger partial charge in [0.15, 0.2) is 0 Å². The molecular weight excluding hydrogens is 412 g/mol. The van der Waals surface area contributed by atoms with Crippen molar-refractivity contribution in [2.75, 3.05) is 6.61 Å². The molecule has 0 bridgehead atoms. The number of hydrogen-bond donors (Lipinski definition) is 2. The highest BCUT2D eigenvalue weighted by Gasteiger charge is 2.17. The van der Waals surface area contributed by atoms with Gasteiger partial charge in [0, 0.05) is 29.7 Å². The van der Waals surface area contributed by atoms with Gasteiger partial charge in [0.1, 0.15) is 6.61 Å². The smallest absolute Gasteiger partial charge is 0.338 e. The van der Waals surface area contributed by atoms with Crippen molar-refractivity contribution >= 4 is 23.8 Å². The molecule has 32 heavy (non-hydrogen) atoms. The van der Waals surface area contributed by atoms with Gasteiger partial charge in [-0.05, 0) is 31.5 Å². The molecule has 0 fully saturated rings. The van der Waals surface area contributed by atoms with Crippen molar-refractivity contribution in [2.24, 2.45) is 5.73 Å². The summed E-state index contributed by atoms with van der Waals surface area (Å²) in [5, 5.41) is 2.76. The molecule has 2 rings (SSSR count). The van der Waals surface area contributed by atoms with E-state index in [1.807, 2.05) is 0 Å². The highest BCUT2D eigenvalue weighted by Crippen LogP contribution is 2.13. The van der Waals surface area contributed by atoms with Crippen LogP contribution in [0.2, 0.25) is 0 Å². The number of primary amides is 1. The number of ether oxygens (including phenoxy) is 2. The van der Waals surface area contributed by atoms with Gasteiger partial charge in [0.2, 0.25) is 5.91 Å². The Labute approximate surface area is 186 Å². The maximum atomic E-state index is 12.9. The van der Waals surface area contributed by atoms with E-state index in [-0.39, 0.29) is 26.1 Å². The zero-order chi connectivity index (χ0) is 23.3. The molecule has 0 saturated heterocycles. The van der Waals surface area contributed by atoms with Crippen molar-refractivity contribution in [1.82, 2.24) is 5.32 Å². The van der Waals surface area contributed by atoms with E-state index in [2.05, 4.69) is 5.32 Å². The molecule has 0 heterocycles. The van der Waals surface area contributed by atoms with Gasteiger partial charge in [-0.15, -0.1) is 0 Å². The van der Waals surface area contributed by atoms with Gasteiger partial charge in [-0.3, -0.25) is 9.59 Å². The number of nitrogens with one attached hydrogen (secondary N) is 1. The van der Waals surface area contributed by atoms with Gasteiger partial charge in [0.25, 0.3) is 5.91 Å². The Hall–Kier alpha value is -3.94. The van der Waals surface area contributed by atoms with Gasteiger partial charge in [0.05, 0.1) is 12.2 Å². The van der Waals surface area contributed by atoms with E-state index in [4.69, 9.17) is 15.2 Å². The first-order chi connectivity index (χ1) is 15.4. The van der Waals surface area contributed by atoms with Crippen LogP contribution in [0.4, 0.5) is 0 Å². The normalized spacial score (nSPS) is 11.5. The largest absolute Gasteiger partial charge is 0.463 e. The second kappa shape index (κ2) is 12.7. The van der Waals surface area contributed by atoms with E-state index < -0.39 is 29.8 Å². The lowest BCUT2D eigenvalue weighted by Crippen LogP contribution is -2.35. The van der Waals surface area contributed by atoms with Gasteiger partial charge >= 0.3 is 11.9 Å². The van der Waals surface area contributed by atoms with Gasteiger partial charge in [-0.25, -0.2) is 9.59 Å². The van der Waals surface area contributed by atoms with E-state index in [1.165, 1.54) is 12.2 Å². The molecular formula is C24H26N2O6. The number of amides is 2. The van der Waals surface area contributed by atoms with Crippen LogP contribution in [-0.4, -0.2) is 36.4 Å². The predicted octanol–water partition coefficient (Wildman–Crippen LogP) is 2.53. The third-order valence-corrected chi connectivity index (χ3v) is 4.40. The third kappa shape index (κ3) is 8.06. The Morgan fingerprint density at radius 1 is 1.00 bits per heavy atom. The minimum Gasteiger partial charge on any atom is -0.463 e. The van der Waals surface area contributed by atoms with Crippen molar-refractivity contribution in [3.05, 3.63) is 83.4 Å². The van der Waals surface area contributed by atoms with Crippen LogP contribution in [-0.2, 0) is 25.7 Å². The predicted molar refractivity (Wildman–Crippen MR) is 117 cm³/mol. The minimum atomic E-state index is -0.626. The molecule has 0 spiro atoms. The summed E-state index contributed by atoms with van der Waals surface area (Å²) in [4.78, 5) is 47.9. The number of rotatable bonds is 11. The summed E-state index contributed by atoms with van der Waals surface area (Å²) in [6.07, 6.45) is 2.89. The Morgan fingerprint density at radius 3 is 2.38 bits per heavy atom. The maximum Gasteiger partial charge on any atom is 0.338 e. The molecule has 2 aromatic carbocycles. The van der Waals surface area contributed by atoms with Crippen molar-refractivity contribution < 1.29 is 28.7 Å². The van der Waals surface area contributed by atoms with Crippen LogP contribution in [0.1, 0.15) is 46.0 Å². The molecule has 1 atom stereocenters. The van der Waals surface area contributed by atoms with E-state index in [1.54, 1.807) is 61.5 Å². The number of hydrogen-bond acceptors (Lipinski definition) is 6. The second-order valence-corrected chi connectivity index (χ2v) is 6.80. The van der Waals surface area contributed by atoms with Crippen LogP contribution in [0, 0.1) is 0 Å². The third-order valence-electron chi connectivity index (χ3n) is 4.40. The molecule has 1 unspecified atom stereocenters. The first-order valence-electron chi connectivity index (χ1n) is 10.1. The molecule has 8 heteroatoms. The lowest BCUT2D eigenvalue weighted by atomic mass is 10.1. The molecule has 3 N–H and O–H groups in total. The van der Waals surface area contributed by atoms with Crippen molar-refractivity contribution in [2.45, 2.75) is 32.4 Å². The van der Waals surface area contributed by atoms with Crippen LogP contribution >= 0.6 is 0 Å². The zero-order valence-electron chi connectivity index (χ0n) is 17.8. The molecule has 0 aliphatic rings. The number of carbonyl (C=O) groups is 4. The topological polar surface area (TPSA) is 125 Å². The fraction of sp³-hybridized carbons (Fsp3) is 0.250. The zero-order valence-corrected chi connectivity index (χ0v) is 17.8. The average molecular weight is 438 g/mol. The highest BCUT2D eigenvalue weighted by molar-refractivity contribution is 5.96. The summed E-state index contributed by atoms with van der Waals surface area (Å²) in [6, 6.07) is 14.6. The number of carbonyl (C=O) groups excluding carboxylic acids is 4. The number of esters is 2. The Morgan fingerprint density at radius 2 is 1.69 bits per heavy atom. The fourth-order valence-electron chi connectivity index (χ4n) is 2.81. The summed E-state index contributed by atoms with van der Waals surface area (Å²) >= 11 is 0. The van der Waals surface area contributed by atoms with E-state index in [0.29, 0.717) is 16.7 Å². The summed E-state index contributed by atoms with van der Waals surface area (Å²) in [5.41, 5.74) is 6.44. The number of benzene rings is 2. The molecule has 168 valence electrons. The first kappa shape index (κ1) is 24.3. The molecule has 0 aromatic heterocycles. The standard InChI is InChI=1S/C24H26N2O6/c1-2-31-22(28)15-13-19(12-14-21(25)27)26-23(29)20-11-7-6-10-18(20)16-32-24(30)17-8-4-3-5-9-17/h3-11,13,15,19H,2,12,14,16H2,1H3,(H2,25,27)(H,26,29)/b15-13+. The van der Waals surface area contributed by atoms with E-state index in [9.17, 15) is 19.2 Å². The van der Waals surface area contributed by atoms with E-state index >= 15 is 0 Å². The molecule has 0 radical (unpaired) electrons. The Kier molecular flexibility index (Phi) is 9.65. The first-order valence-corrected chi connectivity index (χ1v) is 10.1. The fourth-order valence-corrected chi connectivity index (χ4v) is 2.81. The maximum absolute atomic E-state index is 12.9. The van der Waals surface area contributed by atoms with Crippen LogP contribution < -0.4 is 11.1 Å². The molecule has 2 amide bonds. The van der Waals surface area contributed by atoms with Gasteiger partial charge < -0.3 is 20.5 Å². The minimum absolute atomic E-state index is 0.0223. The average Bonchev–Trinajstić information content (AvgIpc) is 2.80. The van der Waals surface area contributed by atoms with Crippen LogP contribution in [0.15, 0.2) is 66.7 Å². The summed E-state index contributed by atoms with van der Waals surface area (Å²) in [5.74, 6) is -2.03. The Balaban J connectivity index is 2.09. The molecule has 8 nitrogen and oxygen atoms in total. The quantitative estimate of drug-likeness (QED) is 0.410. The van der Waals surface area contributed by atoms with Gasteiger partial charge in [-0.1, -0.05) is 42.5 Å². The SMILES string of the molecule is CCOC(=O)/C=C/C(CCC(N)=O)NC(=O)c1ccccc1COC(=O)c1ccccc1. The summed E-state index contributed by atoms with van der Waals surface area (Å²) in [6.45, 7) is 1.80. The van der Waals surface area contributed by atoms with Crippen molar-refractivity contribution in [1.29, 1.82) is 0 Å². The van der Waals surface area contributed by atoms with E-state index in [0.717, 1.165) is 0 Å². The second-order valence-electron chi connectivity index (χ2n) is 6.80. The molecule has 2 aromatic rings. The lowest BCUT2D eigenvalue weighted by molar-refractivity contribution is -0.137. The lowest BCUT2D eigenvalue weighted by Gasteiger charge is -2.16. The molecule has 0 aliphatic heterocycles. The highest BCUT2D eigenvalue weighted by atomic mass is 16.5. The number of nitrogens with two attached hydrogens (primary N) is 1. The van der Waals surface area contributed by atoms with Crippen molar-refractivity contribution in [3.63, 3.8) is 0 Å². The van der Waals surface area contributed by atoms with Crippen LogP contribution in [0.25, 0.3) is 0 Å².